The van der Waals surface area contributed by atoms with Crippen molar-refractivity contribution in [1.29, 1.82) is 0 Å². The molecule has 2 aromatic rings. The van der Waals surface area contributed by atoms with E-state index in [2.05, 4.69) is 58.7 Å². The van der Waals surface area contributed by atoms with Crippen molar-refractivity contribution in [2.75, 3.05) is 19.6 Å². The van der Waals surface area contributed by atoms with Gasteiger partial charge in [0.2, 0.25) is 5.91 Å². The molecule has 1 saturated carbocycles. The molecule has 1 aliphatic carbocycles. The molecule has 1 amide bonds. The van der Waals surface area contributed by atoms with Gasteiger partial charge in [-0.25, -0.2) is 0 Å². The molecule has 0 aromatic heterocycles. The Bertz CT molecular complexity index is 729. The molecule has 1 spiro atoms. The fraction of sp³-hybridized carbons (Fsp3) is 0.435. The number of nitrogens with zero attached hydrogens (tertiary/aromatic N) is 1. The van der Waals surface area contributed by atoms with Crippen LogP contribution in [0.2, 0.25) is 0 Å². The summed E-state index contributed by atoms with van der Waals surface area (Å²) >= 11 is 0. The smallest absolute Gasteiger partial charge is 0.226 e. The first-order chi connectivity index (χ1) is 12.8. The number of hydrogen-bond donors (Lipinski definition) is 1. The molecule has 2 fully saturated rings. The normalized spacial score (nSPS) is 19.9. The summed E-state index contributed by atoms with van der Waals surface area (Å²) in [6.07, 6.45) is 4.31. The van der Waals surface area contributed by atoms with E-state index in [0.29, 0.717) is 11.3 Å². The first kappa shape index (κ1) is 19.9. The van der Waals surface area contributed by atoms with Crippen molar-refractivity contribution in [1.82, 2.24) is 10.2 Å². The van der Waals surface area contributed by atoms with Crippen LogP contribution in [-0.2, 0) is 17.8 Å². The summed E-state index contributed by atoms with van der Waals surface area (Å²) in [6, 6.07) is 20.9. The molecule has 1 saturated heterocycles. The molecular weight excluding hydrogens is 356 g/mol. The molecule has 4 rings (SSSR count). The second-order valence-electron chi connectivity index (χ2n) is 7.85. The van der Waals surface area contributed by atoms with Gasteiger partial charge >= 0.3 is 0 Å². The van der Waals surface area contributed by atoms with Crippen LogP contribution in [0.15, 0.2) is 60.7 Å². The molecule has 4 heteroatoms. The van der Waals surface area contributed by atoms with E-state index in [1.807, 2.05) is 12.1 Å². The van der Waals surface area contributed by atoms with Crippen molar-refractivity contribution < 1.29 is 4.79 Å². The highest BCUT2D eigenvalue weighted by Crippen LogP contribution is 2.59. The van der Waals surface area contributed by atoms with Gasteiger partial charge in [-0.3, -0.25) is 4.79 Å². The summed E-state index contributed by atoms with van der Waals surface area (Å²) in [5.74, 6) is 0.607. The van der Waals surface area contributed by atoms with Gasteiger partial charge in [-0.2, -0.15) is 0 Å². The van der Waals surface area contributed by atoms with Crippen LogP contribution in [0.3, 0.4) is 0 Å². The second-order valence-corrected chi connectivity index (χ2v) is 7.85. The molecular formula is C23H29ClN2O. The number of carbonyl (C=O) groups is 1. The van der Waals surface area contributed by atoms with Crippen LogP contribution < -0.4 is 5.32 Å². The van der Waals surface area contributed by atoms with Gasteiger partial charge in [0.25, 0.3) is 0 Å². The molecule has 3 nitrogen and oxygen atoms in total. The van der Waals surface area contributed by atoms with Crippen LogP contribution in [0.4, 0.5) is 0 Å². The van der Waals surface area contributed by atoms with E-state index in [1.165, 1.54) is 11.1 Å². The highest BCUT2D eigenvalue weighted by atomic mass is 35.5. The number of nitrogens with one attached hydrogen (secondary N) is 1. The Labute approximate surface area is 168 Å². The van der Waals surface area contributed by atoms with E-state index in [9.17, 15) is 4.79 Å². The van der Waals surface area contributed by atoms with Crippen molar-refractivity contribution in [2.45, 2.75) is 32.2 Å². The van der Waals surface area contributed by atoms with Gasteiger partial charge < -0.3 is 10.2 Å². The maximum absolute atomic E-state index is 13.3. The number of rotatable bonds is 6. The fourth-order valence-electron chi connectivity index (χ4n) is 4.37. The molecule has 144 valence electrons. The third-order valence-electron chi connectivity index (χ3n) is 6.13. The first-order valence-corrected chi connectivity index (χ1v) is 9.84. The standard InChI is InChI=1S/C23H28N2O.ClH/c26-22(21-17-23(21)12-14-24-15-13-23)25(18-20-9-5-2-6-10-20)16-11-19-7-3-1-4-8-19;/h1-10,21,24H,11-18H2;1H. The Morgan fingerprint density at radius 2 is 1.56 bits per heavy atom. The van der Waals surface area contributed by atoms with Crippen molar-refractivity contribution in [3.05, 3.63) is 71.8 Å². The zero-order chi connectivity index (χ0) is 17.8. The maximum Gasteiger partial charge on any atom is 0.226 e. The summed E-state index contributed by atoms with van der Waals surface area (Å²) in [6.45, 7) is 3.64. The molecule has 1 heterocycles. The predicted octanol–water partition coefficient (Wildman–Crippen LogP) is 4.07. The molecule has 1 N–H and O–H groups in total. The number of halogens is 1. The lowest BCUT2D eigenvalue weighted by atomic mass is 9.91. The van der Waals surface area contributed by atoms with Gasteiger partial charge in [0.15, 0.2) is 0 Å². The van der Waals surface area contributed by atoms with E-state index in [4.69, 9.17) is 0 Å². The molecule has 1 atom stereocenters. The van der Waals surface area contributed by atoms with Crippen LogP contribution in [0, 0.1) is 11.3 Å². The van der Waals surface area contributed by atoms with Gasteiger partial charge in [0, 0.05) is 19.0 Å². The fourth-order valence-corrected chi connectivity index (χ4v) is 4.37. The Kier molecular flexibility index (Phi) is 6.56. The van der Waals surface area contributed by atoms with E-state index in [-0.39, 0.29) is 18.3 Å². The van der Waals surface area contributed by atoms with E-state index < -0.39 is 0 Å². The number of hydrogen-bond acceptors (Lipinski definition) is 2. The summed E-state index contributed by atoms with van der Waals surface area (Å²) in [5.41, 5.74) is 2.81. The lowest BCUT2D eigenvalue weighted by Crippen LogP contribution is -2.37. The SMILES string of the molecule is Cl.O=C(C1CC12CCNCC2)N(CCc1ccccc1)Cc1ccccc1. The minimum absolute atomic E-state index is 0. The van der Waals surface area contributed by atoms with Gasteiger partial charge in [0.1, 0.15) is 0 Å². The Hall–Kier alpha value is -1.84. The third-order valence-corrected chi connectivity index (χ3v) is 6.13. The molecule has 27 heavy (non-hydrogen) atoms. The Morgan fingerprint density at radius 1 is 0.963 bits per heavy atom. The number of amides is 1. The summed E-state index contributed by atoms with van der Waals surface area (Å²) in [5, 5.41) is 3.43. The van der Waals surface area contributed by atoms with Crippen molar-refractivity contribution in [3.8, 4) is 0 Å². The second kappa shape index (κ2) is 8.90. The largest absolute Gasteiger partial charge is 0.338 e. The van der Waals surface area contributed by atoms with Gasteiger partial charge in [-0.05, 0) is 55.3 Å². The predicted molar refractivity (Wildman–Crippen MR) is 112 cm³/mol. The van der Waals surface area contributed by atoms with Gasteiger partial charge in [0.05, 0.1) is 0 Å². The van der Waals surface area contributed by atoms with Crippen LogP contribution in [0.5, 0.6) is 0 Å². The zero-order valence-electron chi connectivity index (χ0n) is 15.8. The number of carbonyl (C=O) groups excluding carboxylic acids is 1. The molecule has 2 aromatic carbocycles. The van der Waals surface area contributed by atoms with Crippen LogP contribution in [0.1, 0.15) is 30.4 Å². The topological polar surface area (TPSA) is 32.3 Å². The van der Waals surface area contributed by atoms with E-state index in [1.54, 1.807) is 0 Å². The van der Waals surface area contributed by atoms with Crippen LogP contribution >= 0.6 is 12.4 Å². The lowest BCUT2D eigenvalue weighted by Gasteiger charge is -2.27. The first-order valence-electron chi connectivity index (χ1n) is 9.84. The molecule has 2 aliphatic rings. The van der Waals surface area contributed by atoms with Gasteiger partial charge in [-0.15, -0.1) is 12.4 Å². The quantitative estimate of drug-likeness (QED) is 0.814. The zero-order valence-corrected chi connectivity index (χ0v) is 16.6. The lowest BCUT2D eigenvalue weighted by molar-refractivity contribution is -0.134. The molecule has 1 unspecified atom stereocenters. The number of benzene rings is 2. The number of piperidine rings is 1. The molecule has 1 aliphatic heterocycles. The minimum Gasteiger partial charge on any atom is -0.338 e. The van der Waals surface area contributed by atoms with Crippen molar-refractivity contribution in [2.24, 2.45) is 11.3 Å². The van der Waals surface area contributed by atoms with Gasteiger partial charge in [-0.1, -0.05) is 60.7 Å². The average Bonchev–Trinajstić information content (AvgIpc) is 3.39. The van der Waals surface area contributed by atoms with E-state index in [0.717, 1.165) is 51.9 Å². The minimum atomic E-state index is 0. The van der Waals surface area contributed by atoms with Crippen LogP contribution in [-0.4, -0.2) is 30.4 Å². The third kappa shape index (κ3) is 4.72. The Morgan fingerprint density at radius 3 is 2.19 bits per heavy atom. The maximum atomic E-state index is 13.3. The average molecular weight is 385 g/mol. The van der Waals surface area contributed by atoms with Crippen molar-refractivity contribution >= 4 is 18.3 Å². The van der Waals surface area contributed by atoms with E-state index >= 15 is 0 Å². The van der Waals surface area contributed by atoms with Crippen molar-refractivity contribution in [3.63, 3.8) is 0 Å². The summed E-state index contributed by atoms with van der Waals surface area (Å²) < 4.78 is 0. The highest BCUT2D eigenvalue weighted by Gasteiger charge is 2.58. The Balaban J connectivity index is 0.00000210. The monoisotopic (exact) mass is 384 g/mol. The molecule has 0 bridgehead atoms. The molecule has 0 radical (unpaired) electrons. The highest BCUT2D eigenvalue weighted by molar-refractivity contribution is 5.85. The summed E-state index contributed by atoms with van der Waals surface area (Å²) in [7, 11) is 0. The summed E-state index contributed by atoms with van der Waals surface area (Å²) in [4.78, 5) is 15.4. The van der Waals surface area contributed by atoms with Crippen LogP contribution in [0.25, 0.3) is 0 Å².